The van der Waals surface area contributed by atoms with Gasteiger partial charge in [0.15, 0.2) is 0 Å². The van der Waals surface area contributed by atoms with E-state index in [1.165, 1.54) is 276 Å². The zero-order valence-electron chi connectivity index (χ0n) is 49.6. The summed E-state index contributed by atoms with van der Waals surface area (Å²) in [6.45, 7) is 14.1. The number of aliphatic hydroxyl groups excluding tert-OH is 1. The Balaban J connectivity index is 6.13. The summed E-state index contributed by atoms with van der Waals surface area (Å²) in [6, 6.07) is 0. The minimum atomic E-state index is -1.44. The second-order valence-corrected chi connectivity index (χ2v) is 22.5. The molecule has 2 N–H and O–H groups in total. The SMILES string of the molecule is CCCCCCCCCCCCCCNC(OCCCCCCCCCCCC)(OCCCCCCCCCCCC)C(CO)(OCCCCCCCCCCCC)OCCCCCCCCCCCC. The molecule has 0 saturated carbocycles. The fourth-order valence-electron chi connectivity index (χ4n) is 10.4. The average molecular weight is 1010 g/mol. The van der Waals surface area contributed by atoms with Crippen LogP contribution in [-0.2, 0) is 18.9 Å². The molecule has 0 atom stereocenters. The van der Waals surface area contributed by atoms with Gasteiger partial charge in [0.25, 0.3) is 11.7 Å². The summed E-state index contributed by atoms with van der Waals surface area (Å²) in [6.07, 6.45) is 66.9. The fraction of sp³-hybridized carbons (Fsp3) is 1.00. The maximum absolute atomic E-state index is 11.7. The van der Waals surface area contributed by atoms with Gasteiger partial charge in [-0.25, -0.2) is 0 Å². The molecule has 0 aromatic carbocycles. The van der Waals surface area contributed by atoms with Crippen molar-refractivity contribution in [1.82, 2.24) is 5.32 Å². The molecule has 0 saturated heterocycles. The highest BCUT2D eigenvalue weighted by Gasteiger charge is 2.57. The summed E-state index contributed by atoms with van der Waals surface area (Å²) in [4.78, 5) is 0. The van der Waals surface area contributed by atoms with Gasteiger partial charge in [-0.3, -0.25) is 5.32 Å². The molecule has 0 fully saturated rings. The second kappa shape index (κ2) is 59.0. The molecule has 0 heterocycles. The van der Waals surface area contributed by atoms with E-state index in [1.807, 2.05) is 0 Å². The number of hydrogen-bond donors (Lipinski definition) is 2. The van der Waals surface area contributed by atoms with Crippen LogP contribution in [0.25, 0.3) is 0 Å². The number of aliphatic hydroxyl groups is 1. The maximum Gasteiger partial charge on any atom is 0.287 e. The van der Waals surface area contributed by atoms with E-state index in [4.69, 9.17) is 18.9 Å². The van der Waals surface area contributed by atoms with Crippen molar-refractivity contribution in [3.05, 3.63) is 0 Å². The minimum Gasteiger partial charge on any atom is -0.390 e. The lowest BCUT2D eigenvalue weighted by molar-refractivity contribution is -0.429. The van der Waals surface area contributed by atoms with Crippen molar-refractivity contribution in [3.63, 3.8) is 0 Å². The monoisotopic (exact) mass is 1010 g/mol. The smallest absolute Gasteiger partial charge is 0.287 e. The lowest BCUT2D eigenvalue weighted by Crippen LogP contribution is -2.70. The summed E-state index contributed by atoms with van der Waals surface area (Å²) in [5.74, 6) is -2.82. The maximum atomic E-state index is 11.7. The van der Waals surface area contributed by atoms with Crippen LogP contribution < -0.4 is 5.32 Å². The predicted molar refractivity (Wildman–Crippen MR) is 313 cm³/mol. The molecular formula is C65H133NO5. The van der Waals surface area contributed by atoms with Crippen molar-refractivity contribution in [2.24, 2.45) is 0 Å². The average Bonchev–Trinajstić information content (AvgIpc) is 3.38. The highest BCUT2D eigenvalue weighted by Crippen LogP contribution is 2.34. The van der Waals surface area contributed by atoms with Crippen molar-refractivity contribution >= 4 is 0 Å². The molecule has 0 aliphatic carbocycles. The molecule has 0 aliphatic heterocycles. The summed E-state index contributed by atoms with van der Waals surface area (Å²) < 4.78 is 28.2. The Morgan fingerprint density at radius 3 is 0.634 bits per heavy atom. The van der Waals surface area contributed by atoms with Crippen molar-refractivity contribution in [2.45, 2.75) is 380 Å². The fourth-order valence-corrected chi connectivity index (χ4v) is 10.4. The molecule has 0 spiro atoms. The molecule has 0 aromatic rings. The van der Waals surface area contributed by atoms with Gasteiger partial charge in [0.05, 0.1) is 26.4 Å². The highest BCUT2D eigenvalue weighted by atomic mass is 16.8. The van der Waals surface area contributed by atoms with Crippen LogP contribution in [0, 0.1) is 0 Å². The van der Waals surface area contributed by atoms with Crippen LogP contribution >= 0.6 is 0 Å². The predicted octanol–water partition coefficient (Wildman–Crippen LogP) is 21.4. The van der Waals surface area contributed by atoms with E-state index in [0.29, 0.717) is 26.4 Å². The van der Waals surface area contributed by atoms with Gasteiger partial charge in [0, 0.05) is 6.54 Å². The molecule has 6 heteroatoms. The number of hydrogen-bond acceptors (Lipinski definition) is 6. The Labute approximate surface area is 447 Å². The van der Waals surface area contributed by atoms with Gasteiger partial charge in [-0.1, -0.05) is 336 Å². The summed E-state index contributed by atoms with van der Waals surface area (Å²) >= 11 is 0. The van der Waals surface area contributed by atoms with E-state index < -0.39 is 11.7 Å². The highest BCUT2D eigenvalue weighted by molar-refractivity contribution is 4.89. The third-order valence-electron chi connectivity index (χ3n) is 15.4. The van der Waals surface area contributed by atoms with Gasteiger partial charge >= 0.3 is 0 Å². The molecule has 428 valence electrons. The van der Waals surface area contributed by atoms with Gasteiger partial charge in [0.2, 0.25) is 0 Å². The molecule has 0 aliphatic rings. The topological polar surface area (TPSA) is 69.2 Å². The molecule has 71 heavy (non-hydrogen) atoms. The third kappa shape index (κ3) is 45.7. The molecule has 0 radical (unpaired) electrons. The first-order chi connectivity index (χ1) is 35.1. The zero-order chi connectivity index (χ0) is 51.5. The molecule has 6 nitrogen and oxygen atoms in total. The van der Waals surface area contributed by atoms with Crippen LogP contribution in [0.3, 0.4) is 0 Å². The standard InChI is InChI=1S/C65H133NO5/c1-6-11-16-21-26-31-36-37-38-43-48-53-58-66-65(70-61-56-51-46-41-34-29-24-19-14-9-4,71-62-57-52-47-42-35-30-25-20-15-10-5)64(63-67,68-59-54-49-44-39-32-27-22-17-12-7-2)69-60-55-50-45-40-33-28-23-18-13-8-3/h66-67H,6-63H2,1-5H3. The minimum absolute atomic E-state index is 0.302. The Morgan fingerprint density at radius 2 is 0.423 bits per heavy atom. The summed E-state index contributed by atoms with van der Waals surface area (Å²) in [5.41, 5.74) is 0. The molecule has 0 unspecified atom stereocenters. The van der Waals surface area contributed by atoms with E-state index in [1.54, 1.807) is 0 Å². The molecule has 0 bridgehead atoms. The summed E-state index contributed by atoms with van der Waals surface area (Å²) in [7, 11) is 0. The van der Waals surface area contributed by atoms with E-state index >= 15 is 0 Å². The third-order valence-corrected chi connectivity index (χ3v) is 15.4. The van der Waals surface area contributed by atoms with Gasteiger partial charge in [-0.2, -0.15) is 0 Å². The van der Waals surface area contributed by atoms with Crippen LogP contribution in [0.1, 0.15) is 369 Å². The number of nitrogens with one attached hydrogen (secondary N) is 1. The van der Waals surface area contributed by atoms with Crippen LogP contribution in [0.5, 0.6) is 0 Å². The lowest BCUT2D eigenvalue weighted by atomic mass is 10.1. The second-order valence-electron chi connectivity index (χ2n) is 22.5. The van der Waals surface area contributed by atoms with Crippen LogP contribution in [0.2, 0.25) is 0 Å². The van der Waals surface area contributed by atoms with Gasteiger partial charge in [-0.15, -0.1) is 0 Å². The van der Waals surface area contributed by atoms with Crippen molar-refractivity contribution < 1.29 is 24.1 Å². The number of unbranched alkanes of at least 4 members (excludes halogenated alkanes) is 47. The van der Waals surface area contributed by atoms with Crippen molar-refractivity contribution in [1.29, 1.82) is 0 Å². The molecule has 0 aromatic heterocycles. The zero-order valence-corrected chi connectivity index (χ0v) is 49.6. The van der Waals surface area contributed by atoms with Crippen LogP contribution in [0.15, 0.2) is 0 Å². The number of rotatable bonds is 64. The van der Waals surface area contributed by atoms with Gasteiger partial charge in [-0.05, 0) is 32.1 Å². The van der Waals surface area contributed by atoms with Gasteiger partial charge in [0.1, 0.15) is 6.61 Å². The molecule has 0 amide bonds. The Bertz CT molecular complexity index is 912. The largest absolute Gasteiger partial charge is 0.390 e. The summed E-state index contributed by atoms with van der Waals surface area (Å²) in [5, 5.41) is 15.6. The molecular weight excluding hydrogens is 875 g/mol. The van der Waals surface area contributed by atoms with Crippen molar-refractivity contribution in [3.8, 4) is 0 Å². The molecule has 0 rings (SSSR count). The lowest BCUT2D eigenvalue weighted by Gasteiger charge is -2.48. The van der Waals surface area contributed by atoms with Crippen LogP contribution in [0.4, 0.5) is 0 Å². The number of ether oxygens (including phenoxy) is 4. The Morgan fingerprint density at radius 1 is 0.239 bits per heavy atom. The van der Waals surface area contributed by atoms with Crippen molar-refractivity contribution in [2.75, 3.05) is 39.6 Å². The van der Waals surface area contributed by atoms with Crippen LogP contribution in [-0.4, -0.2) is 56.4 Å². The van der Waals surface area contributed by atoms with E-state index in [9.17, 15) is 5.11 Å². The quantitative estimate of drug-likeness (QED) is 0.0467. The van der Waals surface area contributed by atoms with Gasteiger partial charge < -0.3 is 24.1 Å². The normalized spacial score (nSPS) is 12.3. The first-order valence-corrected chi connectivity index (χ1v) is 33.0. The van der Waals surface area contributed by atoms with E-state index in [-0.39, 0.29) is 6.61 Å². The first kappa shape index (κ1) is 70.8. The van der Waals surface area contributed by atoms with E-state index in [2.05, 4.69) is 39.9 Å². The Kier molecular flexibility index (Phi) is 58.8. The van der Waals surface area contributed by atoms with E-state index in [0.717, 1.165) is 64.3 Å². The first-order valence-electron chi connectivity index (χ1n) is 33.0. The Hall–Kier alpha value is -0.240.